The van der Waals surface area contributed by atoms with Crippen molar-refractivity contribution in [1.29, 1.82) is 0 Å². The lowest BCUT2D eigenvalue weighted by molar-refractivity contribution is 0.0505. The van der Waals surface area contributed by atoms with Crippen molar-refractivity contribution in [1.82, 2.24) is 9.55 Å². The number of hydrogen-bond donors (Lipinski definition) is 3. The lowest BCUT2D eigenvalue weighted by Crippen LogP contribution is -2.48. The second-order valence-electron chi connectivity index (χ2n) is 4.20. The number of aliphatic hydroxyl groups is 2. The quantitative estimate of drug-likeness (QED) is 0.595. The maximum absolute atomic E-state index is 11.7. The number of aliphatic hydroxyl groups excluding tert-OH is 2. The summed E-state index contributed by atoms with van der Waals surface area (Å²) >= 11 is 0. The van der Waals surface area contributed by atoms with Crippen LogP contribution in [-0.2, 0) is 0 Å². The molecule has 1 aromatic heterocycles. The van der Waals surface area contributed by atoms with Gasteiger partial charge in [-0.15, -0.1) is 0 Å². The Morgan fingerprint density at radius 1 is 1.47 bits per heavy atom. The Kier molecular flexibility index (Phi) is 2.99. The summed E-state index contributed by atoms with van der Waals surface area (Å²) in [6.07, 6.45) is 1.54. The molecule has 4 N–H and O–H groups in total. The molecule has 17 heavy (non-hydrogen) atoms. The summed E-state index contributed by atoms with van der Waals surface area (Å²) in [4.78, 5) is 15.3. The van der Waals surface area contributed by atoms with Crippen LogP contribution in [0.5, 0.6) is 0 Å². The first-order chi connectivity index (χ1) is 8.10. The molecular weight excluding hydrogens is 222 g/mol. The molecule has 0 radical (unpaired) electrons. The fraction of sp³-hybridized carbons (Fsp3) is 0.455. The first kappa shape index (κ1) is 11.8. The highest BCUT2D eigenvalue weighted by molar-refractivity contribution is 5.27. The summed E-state index contributed by atoms with van der Waals surface area (Å²) in [5.41, 5.74) is 5.68. The molecule has 3 atom stereocenters. The SMILES string of the molecule is C=C1[C@@H](n2ccc(N)nc2=O)[C@H](CO)[C@H]1CO. The van der Waals surface area contributed by atoms with Crippen molar-refractivity contribution >= 4 is 5.82 Å². The monoisotopic (exact) mass is 237 g/mol. The third kappa shape index (κ3) is 1.75. The van der Waals surface area contributed by atoms with Gasteiger partial charge in [-0.05, 0) is 11.6 Å². The third-order valence-corrected chi connectivity index (χ3v) is 3.34. The zero-order valence-electron chi connectivity index (χ0n) is 9.28. The highest BCUT2D eigenvalue weighted by Crippen LogP contribution is 2.46. The van der Waals surface area contributed by atoms with Gasteiger partial charge in [0, 0.05) is 24.6 Å². The van der Waals surface area contributed by atoms with Gasteiger partial charge in [0.2, 0.25) is 0 Å². The number of aromatic nitrogens is 2. The van der Waals surface area contributed by atoms with Gasteiger partial charge in [0.15, 0.2) is 0 Å². The molecule has 1 aromatic rings. The molecule has 0 spiro atoms. The van der Waals surface area contributed by atoms with Crippen molar-refractivity contribution in [3.05, 3.63) is 34.9 Å². The largest absolute Gasteiger partial charge is 0.396 e. The summed E-state index contributed by atoms with van der Waals surface area (Å²) in [6, 6.07) is 1.22. The van der Waals surface area contributed by atoms with Crippen LogP contribution < -0.4 is 11.4 Å². The summed E-state index contributed by atoms with van der Waals surface area (Å²) in [5.74, 6) is -0.194. The van der Waals surface area contributed by atoms with Crippen LogP contribution in [-0.4, -0.2) is 33.0 Å². The molecule has 6 heteroatoms. The van der Waals surface area contributed by atoms with E-state index in [9.17, 15) is 9.90 Å². The first-order valence-corrected chi connectivity index (χ1v) is 5.35. The predicted molar refractivity (Wildman–Crippen MR) is 62.2 cm³/mol. The highest BCUT2D eigenvalue weighted by Gasteiger charge is 2.45. The predicted octanol–water partition coefficient (Wildman–Crippen LogP) is -0.847. The van der Waals surface area contributed by atoms with Crippen LogP contribution in [0.2, 0.25) is 0 Å². The van der Waals surface area contributed by atoms with E-state index in [0.717, 1.165) is 5.57 Å². The van der Waals surface area contributed by atoms with Crippen LogP contribution in [0, 0.1) is 11.8 Å². The van der Waals surface area contributed by atoms with E-state index in [2.05, 4.69) is 11.6 Å². The Morgan fingerprint density at radius 3 is 2.71 bits per heavy atom. The van der Waals surface area contributed by atoms with E-state index in [1.165, 1.54) is 16.8 Å². The van der Waals surface area contributed by atoms with Gasteiger partial charge in [0.1, 0.15) is 5.82 Å². The molecule has 6 nitrogen and oxygen atoms in total. The smallest absolute Gasteiger partial charge is 0.350 e. The maximum atomic E-state index is 11.7. The van der Waals surface area contributed by atoms with Gasteiger partial charge in [-0.25, -0.2) is 4.79 Å². The second kappa shape index (κ2) is 4.31. The van der Waals surface area contributed by atoms with Gasteiger partial charge < -0.3 is 15.9 Å². The van der Waals surface area contributed by atoms with Gasteiger partial charge >= 0.3 is 5.69 Å². The van der Waals surface area contributed by atoms with Gasteiger partial charge in [-0.2, -0.15) is 4.98 Å². The second-order valence-corrected chi connectivity index (χ2v) is 4.20. The van der Waals surface area contributed by atoms with Crippen LogP contribution in [0.4, 0.5) is 5.82 Å². The molecule has 0 aromatic carbocycles. The molecule has 0 unspecified atom stereocenters. The van der Waals surface area contributed by atoms with Crippen LogP contribution in [0.1, 0.15) is 6.04 Å². The van der Waals surface area contributed by atoms with Gasteiger partial charge in [-0.1, -0.05) is 6.58 Å². The molecule has 1 heterocycles. The standard InChI is InChI=1S/C11H15N3O3/c1-6-7(4-15)8(5-16)10(6)14-3-2-9(12)13-11(14)17/h2-3,7-8,10,15-16H,1,4-5H2,(H2,12,13,17)/t7-,8+,10+/m0/s1. The van der Waals surface area contributed by atoms with Crippen molar-refractivity contribution in [2.75, 3.05) is 18.9 Å². The van der Waals surface area contributed by atoms with Crippen molar-refractivity contribution < 1.29 is 10.2 Å². The molecule has 1 aliphatic carbocycles. The highest BCUT2D eigenvalue weighted by atomic mass is 16.3. The summed E-state index contributed by atoms with van der Waals surface area (Å²) in [7, 11) is 0. The molecule has 2 rings (SSSR count). The molecule has 0 aliphatic heterocycles. The van der Waals surface area contributed by atoms with E-state index >= 15 is 0 Å². The topological polar surface area (TPSA) is 101 Å². The fourth-order valence-corrected chi connectivity index (χ4v) is 2.37. The third-order valence-electron chi connectivity index (χ3n) is 3.34. The Labute approximate surface area is 98.0 Å². The van der Waals surface area contributed by atoms with Crippen LogP contribution in [0.15, 0.2) is 29.2 Å². The number of hydrogen-bond acceptors (Lipinski definition) is 5. The molecule has 0 amide bonds. The number of anilines is 1. The number of nitrogen functional groups attached to an aromatic ring is 1. The maximum Gasteiger partial charge on any atom is 0.350 e. The van der Waals surface area contributed by atoms with Crippen molar-refractivity contribution in [3.63, 3.8) is 0 Å². The number of rotatable bonds is 3. The fourth-order valence-electron chi connectivity index (χ4n) is 2.37. The van der Waals surface area contributed by atoms with Crippen molar-refractivity contribution in [3.8, 4) is 0 Å². The lowest BCUT2D eigenvalue weighted by Gasteiger charge is -2.46. The van der Waals surface area contributed by atoms with Gasteiger partial charge in [0.25, 0.3) is 0 Å². The van der Waals surface area contributed by atoms with Gasteiger partial charge in [0.05, 0.1) is 12.6 Å². The number of nitrogens with two attached hydrogens (primary N) is 1. The summed E-state index contributed by atoms with van der Waals surface area (Å²) in [5, 5.41) is 18.4. The minimum Gasteiger partial charge on any atom is -0.396 e. The van der Waals surface area contributed by atoms with E-state index in [-0.39, 0.29) is 36.9 Å². The first-order valence-electron chi connectivity index (χ1n) is 5.35. The zero-order chi connectivity index (χ0) is 12.6. The van der Waals surface area contributed by atoms with Crippen molar-refractivity contribution in [2.45, 2.75) is 6.04 Å². The van der Waals surface area contributed by atoms with Gasteiger partial charge in [-0.3, -0.25) is 4.57 Å². The van der Waals surface area contributed by atoms with E-state index in [4.69, 9.17) is 10.8 Å². The zero-order valence-corrected chi connectivity index (χ0v) is 9.28. The number of nitrogens with zero attached hydrogens (tertiary/aromatic N) is 2. The van der Waals surface area contributed by atoms with Crippen LogP contribution in [0.3, 0.4) is 0 Å². The summed E-state index contributed by atoms with van der Waals surface area (Å²) < 4.78 is 1.39. The summed E-state index contributed by atoms with van der Waals surface area (Å²) in [6.45, 7) is 3.67. The average Bonchev–Trinajstić information content (AvgIpc) is 2.29. The minimum absolute atomic E-state index is 0.0717. The van der Waals surface area contributed by atoms with E-state index in [1.54, 1.807) is 0 Å². The van der Waals surface area contributed by atoms with E-state index < -0.39 is 5.69 Å². The molecule has 0 saturated heterocycles. The lowest BCUT2D eigenvalue weighted by atomic mass is 9.66. The minimum atomic E-state index is -0.467. The van der Waals surface area contributed by atoms with E-state index in [1.807, 2.05) is 0 Å². The van der Waals surface area contributed by atoms with Crippen LogP contribution >= 0.6 is 0 Å². The molecule has 0 bridgehead atoms. The molecular formula is C11H15N3O3. The Balaban J connectivity index is 2.35. The Morgan fingerprint density at radius 2 is 2.18 bits per heavy atom. The molecule has 92 valence electrons. The normalized spacial score (nSPS) is 27.9. The Bertz CT molecular complexity index is 497. The van der Waals surface area contributed by atoms with E-state index in [0.29, 0.717) is 0 Å². The molecule has 1 saturated carbocycles. The molecule has 1 aliphatic rings. The van der Waals surface area contributed by atoms with Crippen molar-refractivity contribution in [2.24, 2.45) is 11.8 Å². The Hall–Kier alpha value is -1.66. The molecule has 1 fully saturated rings. The van der Waals surface area contributed by atoms with Crippen LogP contribution in [0.25, 0.3) is 0 Å². The average molecular weight is 237 g/mol.